The minimum absolute atomic E-state index is 0.0529. The number of carbonyl (C=O) groups excluding carboxylic acids is 2. The van der Waals surface area contributed by atoms with Crippen molar-refractivity contribution in [3.05, 3.63) is 40.1 Å². The van der Waals surface area contributed by atoms with Crippen LogP contribution in [0.2, 0.25) is 0 Å². The summed E-state index contributed by atoms with van der Waals surface area (Å²) in [4.78, 5) is 26.9. The highest BCUT2D eigenvalue weighted by Gasteiger charge is 2.51. The van der Waals surface area contributed by atoms with Crippen molar-refractivity contribution in [3.8, 4) is 0 Å². The van der Waals surface area contributed by atoms with E-state index in [-0.39, 0.29) is 24.1 Å². The molecule has 1 spiro atoms. The van der Waals surface area contributed by atoms with E-state index < -0.39 is 17.2 Å². The number of likely N-dealkylation sites (tertiary alicyclic amines) is 1. The topological polar surface area (TPSA) is 85.3 Å². The zero-order valence-corrected chi connectivity index (χ0v) is 21.9. The van der Waals surface area contributed by atoms with Gasteiger partial charge in [0, 0.05) is 13.1 Å². The van der Waals surface area contributed by atoms with Crippen LogP contribution in [0, 0.1) is 20.8 Å². The number of aliphatic hydroxyl groups excluding tert-OH is 1. The molecule has 1 aromatic carbocycles. The number of amides is 1. The smallest absolute Gasteiger partial charge is 0.410 e. The van der Waals surface area contributed by atoms with Crippen molar-refractivity contribution in [2.24, 2.45) is 0 Å². The van der Waals surface area contributed by atoms with Gasteiger partial charge in [0.05, 0.1) is 12.2 Å². The molecule has 1 amide bonds. The summed E-state index contributed by atoms with van der Waals surface area (Å²) in [6.07, 6.45) is 3.93. The molecule has 0 bridgehead atoms. The lowest BCUT2D eigenvalue weighted by atomic mass is 9.80. The highest BCUT2D eigenvalue weighted by Crippen LogP contribution is 2.47. The second-order valence-electron chi connectivity index (χ2n) is 11.4. The number of ether oxygens (including phenoxy) is 3. The minimum Gasteiger partial charge on any atom is -0.507 e. The maximum atomic E-state index is 12.9. The van der Waals surface area contributed by atoms with Gasteiger partial charge in [-0.25, -0.2) is 9.59 Å². The Morgan fingerprint density at radius 2 is 1.57 bits per heavy atom. The molecule has 2 heterocycles. The van der Waals surface area contributed by atoms with E-state index >= 15 is 0 Å². The molecule has 1 saturated carbocycles. The van der Waals surface area contributed by atoms with Crippen molar-refractivity contribution in [2.45, 2.75) is 103 Å². The Hall–Kier alpha value is -2.54. The van der Waals surface area contributed by atoms with Crippen molar-refractivity contribution in [3.63, 3.8) is 0 Å². The molecule has 7 nitrogen and oxygen atoms in total. The normalized spacial score (nSPS) is 25.8. The molecule has 3 aliphatic rings. The Bertz CT molecular complexity index is 997. The van der Waals surface area contributed by atoms with Gasteiger partial charge in [-0.2, -0.15) is 0 Å². The number of aliphatic hydroxyl groups is 1. The van der Waals surface area contributed by atoms with Gasteiger partial charge in [0.25, 0.3) is 0 Å². The molecule has 1 aromatic rings. The van der Waals surface area contributed by atoms with E-state index in [9.17, 15) is 14.7 Å². The van der Waals surface area contributed by atoms with Gasteiger partial charge in [0.2, 0.25) is 0 Å². The molecule has 2 aliphatic heterocycles. The van der Waals surface area contributed by atoms with Crippen LogP contribution >= 0.6 is 0 Å². The van der Waals surface area contributed by atoms with Gasteiger partial charge >= 0.3 is 12.1 Å². The van der Waals surface area contributed by atoms with E-state index in [1.165, 1.54) is 0 Å². The van der Waals surface area contributed by atoms with Gasteiger partial charge in [-0.3, -0.25) is 0 Å². The number of nitrogens with zero attached hydrogens (tertiary/aromatic N) is 1. The van der Waals surface area contributed by atoms with Crippen molar-refractivity contribution < 1.29 is 28.9 Å². The number of hydrogen-bond donors (Lipinski definition) is 1. The summed E-state index contributed by atoms with van der Waals surface area (Å²) >= 11 is 0. The molecule has 192 valence electrons. The Kier molecular flexibility index (Phi) is 6.93. The van der Waals surface area contributed by atoms with E-state index in [0.29, 0.717) is 44.3 Å². The molecule has 0 radical (unpaired) electrons. The standard InChI is InChI=1S/C28H39NO6/c1-17-15-18(2)22(19(3)16-17)23-24(30)28(34-25(23)31)11-7-20(8-12-28)33-21-9-13-29(14-10-21)26(32)35-27(4,5)6/h15-16,20-21,30H,7-14H2,1-6H3. The zero-order valence-electron chi connectivity index (χ0n) is 21.9. The number of esters is 1. The molecule has 1 N–H and O–H groups in total. The van der Waals surface area contributed by atoms with Crippen LogP contribution in [0.25, 0.3) is 5.57 Å². The van der Waals surface area contributed by atoms with E-state index in [1.54, 1.807) is 4.90 Å². The molecule has 1 saturated heterocycles. The molecule has 2 fully saturated rings. The first-order valence-electron chi connectivity index (χ1n) is 12.8. The van der Waals surface area contributed by atoms with Crippen molar-refractivity contribution in [1.29, 1.82) is 0 Å². The van der Waals surface area contributed by atoms with Gasteiger partial charge in [0.15, 0.2) is 11.4 Å². The first-order chi connectivity index (χ1) is 16.4. The summed E-state index contributed by atoms with van der Waals surface area (Å²) in [5.74, 6) is -0.367. The summed E-state index contributed by atoms with van der Waals surface area (Å²) in [6, 6.07) is 4.06. The first kappa shape index (κ1) is 25.5. The first-order valence-corrected chi connectivity index (χ1v) is 12.8. The highest BCUT2D eigenvalue weighted by molar-refractivity contribution is 6.20. The van der Waals surface area contributed by atoms with Gasteiger partial charge < -0.3 is 24.2 Å². The third-order valence-electron chi connectivity index (χ3n) is 7.31. The van der Waals surface area contributed by atoms with Crippen molar-refractivity contribution in [2.75, 3.05) is 13.1 Å². The SMILES string of the molecule is Cc1cc(C)c(C2=C(O)C3(CCC(OC4CCN(C(=O)OC(C)(C)C)CC4)CC3)OC2=O)c(C)c1. The Labute approximate surface area is 208 Å². The Balaban J connectivity index is 1.35. The molecule has 1 aliphatic carbocycles. The van der Waals surface area contributed by atoms with Gasteiger partial charge in [0.1, 0.15) is 11.2 Å². The van der Waals surface area contributed by atoms with E-state index in [0.717, 1.165) is 35.1 Å². The fourth-order valence-corrected chi connectivity index (χ4v) is 5.70. The number of rotatable bonds is 3. The molecule has 35 heavy (non-hydrogen) atoms. The molecular formula is C28H39NO6. The number of benzene rings is 1. The third-order valence-corrected chi connectivity index (χ3v) is 7.31. The predicted octanol–water partition coefficient (Wildman–Crippen LogP) is 5.54. The average Bonchev–Trinajstić information content (AvgIpc) is 2.98. The van der Waals surface area contributed by atoms with E-state index in [2.05, 4.69) is 0 Å². The van der Waals surface area contributed by atoms with Crippen LogP contribution in [0.4, 0.5) is 4.79 Å². The number of hydrogen-bond acceptors (Lipinski definition) is 6. The summed E-state index contributed by atoms with van der Waals surface area (Å²) in [7, 11) is 0. The summed E-state index contributed by atoms with van der Waals surface area (Å²) < 4.78 is 17.7. The lowest BCUT2D eigenvalue weighted by molar-refractivity contribution is -0.154. The number of aryl methyl sites for hydroxylation is 3. The summed E-state index contributed by atoms with van der Waals surface area (Å²) in [5.41, 5.74) is 2.71. The third kappa shape index (κ3) is 5.35. The number of piperidine rings is 1. The monoisotopic (exact) mass is 485 g/mol. The van der Waals surface area contributed by atoms with Gasteiger partial charge in [-0.1, -0.05) is 17.7 Å². The minimum atomic E-state index is -0.948. The molecule has 0 unspecified atom stereocenters. The summed E-state index contributed by atoms with van der Waals surface area (Å²) in [5, 5.41) is 11.2. The molecule has 4 rings (SSSR count). The average molecular weight is 486 g/mol. The Morgan fingerprint density at radius 3 is 2.11 bits per heavy atom. The lowest BCUT2D eigenvalue weighted by Gasteiger charge is -2.39. The maximum Gasteiger partial charge on any atom is 0.410 e. The van der Waals surface area contributed by atoms with E-state index in [1.807, 2.05) is 53.7 Å². The second kappa shape index (κ2) is 9.49. The van der Waals surface area contributed by atoms with Crippen LogP contribution in [0.3, 0.4) is 0 Å². The lowest BCUT2D eigenvalue weighted by Crippen LogP contribution is -2.45. The second-order valence-corrected chi connectivity index (χ2v) is 11.4. The van der Waals surface area contributed by atoms with Crippen LogP contribution in [0.1, 0.15) is 81.5 Å². The van der Waals surface area contributed by atoms with Gasteiger partial charge in [-0.05, 0) is 96.8 Å². The number of carbonyl (C=O) groups is 2. The van der Waals surface area contributed by atoms with E-state index in [4.69, 9.17) is 14.2 Å². The zero-order chi connectivity index (χ0) is 25.5. The molecule has 0 aromatic heterocycles. The van der Waals surface area contributed by atoms with Crippen molar-refractivity contribution in [1.82, 2.24) is 4.90 Å². The van der Waals surface area contributed by atoms with Crippen LogP contribution < -0.4 is 0 Å². The highest BCUT2D eigenvalue weighted by atomic mass is 16.6. The van der Waals surface area contributed by atoms with Crippen LogP contribution in [-0.2, 0) is 19.0 Å². The maximum absolute atomic E-state index is 12.9. The predicted molar refractivity (Wildman–Crippen MR) is 133 cm³/mol. The van der Waals surface area contributed by atoms with Crippen molar-refractivity contribution >= 4 is 17.6 Å². The fraction of sp³-hybridized carbons (Fsp3) is 0.643. The van der Waals surface area contributed by atoms with Crippen LogP contribution in [0.15, 0.2) is 17.9 Å². The Morgan fingerprint density at radius 1 is 1.03 bits per heavy atom. The molecule has 0 atom stereocenters. The fourth-order valence-electron chi connectivity index (χ4n) is 5.70. The summed E-state index contributed by atoms with van der Waals surface area (Å²) in [6.45, 7) is 12.8. The quantitative estimate of drug-likeness (QED) is 0.566. The molecule has 7 heteroatoms. The van der Waals surface area contributed by atoms with Crippen LogP contribution in [-0.4, -0.2) is 58.6 Å². The molecular weight excluding hydrogens is 446 g/mol. The largest absolute Gasteiger partial charge is 0.507 e. The van der Waals surface area contributed by atoms with Crippen LogP contribution in [0.5, 0.6) is 0 Å². The van der Waals surface area contributed by atoms with Gasteiger partial charge in [-0.15, -0.1) is 0 Å².